The molecule has 4 aromatic rings. The molecule has 0 radical (unpaired) electrons. The van der Waals surface area contributed by atoms with Crippen LogP contribution in [-0.4, -0.2) is 15.7 Å². The molecule has 0 aliphatic heterocycles. The number of carbonyl (C=O) groups excluding carboxylic acids is 1. The molecule has 164 valence electrons. The molecule has 0 bridgehead atoms. The quantitative estimate of drug-likeness (QED) is 0.386. The fraction of sp³-hybridized carbons (Fsp3) is 0.167. The molecule has 0 unspecified atom stereocenters. The molecule has 0 spiro atoms. The Balaban J connectivity index is 1.35. The number of nitrogens with zero attached hydrogens (tertiary/aromatic N) is 2. The van der Waals surface area contributed by atoms with Crippen LogP contribution in [0.3, 0.4) is 0 Å². The Labute approximate surface area is 189 Å². The number of aryl methyl sites for hydroxylation is 2. The fourth-order valence-electron chi connectivity index (χ4n) is 3.27. The van der Waals surface area contributed by atoms with Crippen molar-refractivity contribution in [1.29, 1.82) is 0 Å². The second-order valence-corrected chi connectivity index (χ2v) is 7.87. The molecule has 32 heavy (non-hydrogen) atoms. The van der Waals surface area contributed by atoms with Gasteiger partial charge in [0, 0.05) is 17.3 Å². The Morgan fingerprint density at radius 1 is 1.12 bits per heavy atom. The standard InChI is InChI=1S/C24H21ClFN3O3/c1-15-9-16(2)11-20(10-15)31-14-19-5-6-22(32-19)24(30)27-23-7-8-29(28-23)13-17-3-4-18(26)12-21(17)25/h3-12H,13-14H2,1-2H3,(H,27,28,30). The highest BCUT2D eigenvalue weighted by Gasteiger charge is 2.14. The van der Waals surface area contributed by atoms with Gasteiger partial charge in [-0.15, -0.1) is 0 Å². The smallest absolute Gasteiger partial charge is 0.292 e. The van der Waals surface area contributed by atoms with Crippen LogP contribution in [0.1, 0.15) is 33.0 Å². The summed E-state index contributed by atoms with van der Waals surface area (Å²) in [5.74, 6) is 0.970. The number of anilines is 1. The number of hydrogen-bond acceptors (Lipinski definition) is 4. The molecule has 1 N–H and O–H groups in total. The zero-order valence-corrected chi connectivity index (χ0v) is 18.3. The normalized spacial score (nSPS) is 10.9. The molecule has 0 saturated heterocycles. The zero-order valence-electron chi connectivity index (χ0n) is 17.6. The highest BCUT2D eigenvalue weighted by atomic mass is 35.5. The van der Waals surface area contributed by atoms with Crippen LogP contribution >= 0.6 is 11.6 Å². The van der Waals surface area contributed by atoms with Gasteiger partial charge in [-0.25, -0.2) is 4.39 Å². The number of amides is 1. The largest absolute Gasteiger partial charge is 0.486 e. The molecular weight excluding hydrogens is 433 g/mol. The Bertz CT molecular complexity index is 1240. The maximum Gasteiger partial charge on any atom is 0.292 e. The van der Waals surface area contributed by atoms with E-state index in [0.717, 1.165) is 16.9 Å². The Hall–Kier alpha value is -3.58. The zero-order chi connectivity index (χ0) is 22.7. The van der Waals surface area contributed by atoms with E-state index in [1.807, 2.05) is 26.0 Å². The van der Waals surface area contributed by atoms with E-state index < -0.39 is 11.7 Å². The second kappa shape index (κ2) is 9.28. The van der Waals surface area contributed by atoms with Gasteiger partial charge in [-0.1, -0.05) is 23.7 Å². The van der Waals surface area contributed by atoms with Crippen molar-refractivity contribution in [3.63, 3.8) is 0 Å². The Morgan fingerprint density at radius 3 is 2.66 bits per heavy atom. The maximum atomic E-state index is 13.2. The predicted octanol–water partition coefficient (Wildman–Crippen LogP) is 5.77. The fourth-order valence-corrected chi connectivity index (χ4v) is 3.49. The lowest BCUT2D eigenvalue weighted by Crippen LogP contribution is -2.12. The van der Waals surface area contributed by atoms with Gasteiger partial charge in [-0.2, -0.15) is 5.10 Å². The van der Waals surface area contributed by atoms with Gasteiger partial charge in [0.2, 0.25) is 0 Å². The van der Waals surface area contributed by atoms with Crippen LogP contribution in [0.15, 0.2) is 65.2 Å². The van der Waals surface area contributed by atoms with Crippen molar-refractivity contribution in [1.82, 2.24) is 9.78 Å². The number of carbonyl (C=O) groups is 1. The highest BCUT2D eigenvalue weighted by molar-refractivity contribution is 6.31. The topological polar surface area (TPSA) is 69.3 Å². The highest BCUT2D eigenvalue weighted by Crippen LogP contribution is 2.20. The van der Waals surface area contributed by atoms with Gasteiger partial charge in [0.05, 0.1) is 6.54 Å². The number of aromatic nitrogens is 2. The van der Waals surface area contributed by atoms with Crippen molar-refractivity contribution in [2.75, 3.05) is 5.32 Å². The van der Waals surface area contributed by atoms with Crippen molar-refractivity contribution >= 4 is 23.3 Å². The Morgan fingerprint density at radius 2 is 1.91 bits per heavy atom. The van der Waals surface area contributed by atoms with Crippen LogP contribution in [0, 0.1) is 19.7 Å². The third-order valence-electron chi connectivity index (χ3n) is 4.69. The molecule has 1 amide bonds. The minimum absolute atomic E-state index is 0.153. The molecule has 2 aromatic heterocycles. The van der Waals surface area contributed by atoms with Crippen LogP contribution in [0.4, 0.5) is 10.2 Å². The number of rotatable bonds is 7. The van der Waals surface area contributed by atoms with Crippen molar-refractivity contribution in [3.8, 4) is 5.75 Å². The summed E-state index contributed by atoms with van der Waals surface area (Å²) in [6.45, 7) is 4.56. The van der Waals surface area contributed by atoms with E-state index in [0.29, 0.717) is 28.7 Å². The van der Waals surface area contributed by atoms with E-state index in [-0.39, 0.29) is 12.4 Å². The monoisotopic (exact) mass is 453 g/mol. The molecule has 0 aliphatic rings. The molecule has 2 heterocycles. The average Bonchev–Trinajstić information content (AvgIpc) is 3.37. The first-order chi connectivity index (χ1) is 15.4. The van der Waals surface area contributed by atoms with E-state index in [4.69, 9.17) is 20.8 Å². The van der Waals surface area contributed by atoms with Crippen LogP contribution in [0.2, 0.25) is 5.02 Å². The third kappa shape index (κ3) is 5.36. The summed E-state index contributed by atoms with van der Waals surface area (Å²) in [4.78, 5) is 12.5. The van der Waals surface area contributed by atoms with Gasteiger partial charge >= 0.3 is 0 Å². The summed E-state index contributed by atoms with van der Waals surface area (Å²) in [5, 5.41) is 7.31. The first-order valence-electron chi connectivity index (χ1n) is 9.94. The van der Waals surface area contributed by atoms with E-state index in [1.54, 1.807) is 35.1 Å². The van der Waals surface area contributed by atoms with Crippen molar-refractivity contribution < 1.29 is 18.3 Å². The van der Waals surface area contributed by atoms with Gasteiger partial charge in [0.15, 0.2) is 11.6 Å². The van der Waals surface area contributed by atoms with Gasteiger partial charge < -0.3 is 14.5 Å². The van der Waals surface area contributed by atoms with E-state index in [9.17, 15) is 9.18 Å². The lowest BCUT2D eigenvalue weighted by atomic mass is 10.1. The molecule has 8 heteroatoms. The summed E-state index contributed by atoms with van der Waals surface area (Å²) >= 11 is 6.06. The first kappa shape index (κ1) is 21.6. The van der Waals surface area contributed by atoms with Gasteiger partial charge in [0.25, 0.3) is 5.91 Å². The number of hydrogen-bond donors (Lipinski definition) is 1. The van der Waals surface area contributed by atoms with Crippen molar-refractivity contribution in [2.45, 2.75) is 27.0 Å². The van der Waals surface area contributed by atoms with Gasteiger partial charge in [-0.05, 0) is 66.9 Å². The number of ether oxygens (including phenoxy) is 1. The molecule has 6 nitrogen and oxygen atoms in total. The van der Waals surface area contributed by atoms with Gasteiger partial charge in [-0.3, -0.25) is 9.48 Å². The second-order valence-electron chi connectivity index (χ2n) is 7.47. The lowest BCUT2D eigenvalue weighted by Gasteiger charge is -2.06. The summed E-state index contributed by atoms with van der Waals surface area (Å²) in [6, 6.07) is 15.1. The minimum Gasteiger partial charge on any atom is -0.486 e. The number of benzene rings is 2. The molecule has 0 saturated carbocycles. The molecule has 4 rings (SSSR count). The number of halogens is 2. The minimum atomic E-state index is -0.423. The third-order valence-corrected chi connectivity index (χ3v) is 5.04. The average molecular weight is 454 g/mol. The lowest BCUT2D eigenvalue weighted by molar-refractivity contribution is 0.0992. The number of nitrogens with one attached hydrogen (secondary N) is 1. The van der Waals surface area contributed by atoms with Crippen LogP contribution in [0.5, 0.6) is 5.75 Å². The van der Waals surface area contributed by atoms with Gasteiger partial charge in [0.1, 0.15) is 23.9 Å². The first-order valence-corrected chi connectivity index (χ1v) is 10.3. The molecule has 0 atom stereocenters. The van der Waals surface area contributed by atoms with E-state index in [1.165, 1.54) is 12.1 Å². The Kier molecular flexibility index (Phi) is 6.28. The summed E-state index contributed by atoms with van der Waals surface area (Å²) in [7, 11) is 0. The van der Waals surface area contributed by atoms with Crippen molar-refractivity contribution in [2.24, 2.45) is 0 Å². The molecule has 0 aliphatic carbocycles. The summed E-state index contributed by atoms with van der Waals surface area (Å²) in [6.07, 6.45) is 1.69. The summed E-state index contributed by atoms with van der Waals surface area (Å²) in [5.41, 5.74) is 2.94. The molecular formula is C24H21ClFN3O3. The van der Waals surface area contributed by atoms with Crippen LogP contribution in [-0.2, 0) is 13.2 Å². The summed E-state index contributed by atoms with van der Waals surface area (Å²) < 4.78 is 26.2. The van der Waals surface area contributed by atoms with E-state index >= 15 is 0 Å². The predicted molar refractivity (Wildman–Crippen MR) is 120 cm³/mol. The molecule has 2 aromatic carbocycles. The van der Waals surface area contributed by atoms with E-state index in [2.05, 4.69) is 16.5 Å². The number of furan rings is 1. The maximum absolute atomic E-state index is 13.2. The van der Waals surface area contributed by atoms with Crippen LogP contribution in [0.25, 0.3) is 0 Å². The SMILES string of the molecule is Cc1cc(C)cc(OCc2ccc(C(=O)Nc3ccn(Cc4ccc(F)cc4Cl)n3)o2)c1. The van der Waals surface area contributed by atoms with Crippen LogP contribution < -0.4 is 10.1 Å². The van der Waals surface area contributed by atoms with Crippen molar-refractivity contribution in [3.05, 3.63) is 99.8 Å². The molecule has 0 fully saturated rings.